The van der Waals surface area contributed by atoms with Crippen LogP contribution in [0.1, 0.15) is 18.1 Å². The van der Waals surface area contributed by atoms with Crippen LogP contribution in [0.15, 0.2) is 53.4 Å². The van der Waals surface area contributed by atoms with Crippen molar-refractivity contribution in [1.82, 2.24) is 4.90 Å². The van der Waals surface area contributed by atoms with Gasteiger partial charge >= 0.3 is 0 Å². The van der Waals surface area contributed by atoms with Gasteiger partial charge in [-0.25, -0.2) is 0 Å². The van der Waals surface area contributed by atoms with Gasteiger partial charge in [-0.1, -0.05) is 60.4 Å². The molecule has 3 rings (SSSR count). The van der Waals surface area contributed by atoms with Crippen molar-refractivity contribution in [1.29, 1.82) is 0 Å². The summed E-state index contributed by atoms with van der Waals surface area (Å²) in [6.45, 7) is 3.58. The van der Waals surface area contributed by atoms with E-state index >= 15 is 0 Å². The molecule has 2 aromatic carbocycles. The van der Waals surface area contributed by atoms with Crippen molar-refractivity contribution in [3.63, 3.8) is 0 Å². The maximum Gasteiger partial charge on any atom is 0.266 e. The number of hydrogen-bond donors (Lipinski definition) is 1. The van der Waals surface area contributed by atoms with E-state index < -0.39 is 6.04 Å². The molecular weight excluding hydrogens is 392 g/mol. The third-order valence-corrected chi connectivity index (χ3v) is 5.75. The van der Waals surface area contributed by atoms with Crippen LogP contribution in [0.5, 0.6) is 5.75 Å². The number of thiocarbonyl (C=S) groups is 1. The number of methoxy groups -OCH3 is 1. The number of carbonyl (C=O) groups excluding carboxylic acids is 2. The van der Waals surface area contributed by atoms with Crippen LogP contribution in [0, 0.1) is 6.92 Å². The molecule has 1 aliphatic heterocycles. The SMILES string of the molecule is COc1ccccc1/C=C1\SC(=S)N(C(C)C(=O)Nc2ccccc2C)C1=O. The van der Waals surface area contributed by atoms with Crippen LogP contribution in [0.2, 0.25) is 0 Å². The Morgan fingerprint density at radius 1 is 1.21 bits per heavy atom. The minimum Gasteiger partial charge on any atom is -0.496 e. The summed E-state index contributed by atoms with van der Waals surface area (Å²) in [5.41, 5.74) is 2.45. The minimum absolute atomic E-state index is 0.284. The molecule has 144 valence electrons. The zero-order valence-electron chi connectivity index (χ0n) is 15.8. The van der Waals surface area contributed by atoms with Gasteiger partial charge in [-0.3, -0.25) is 14.5 Å². The maximum atomic E-state index is 12.9. The summed E-state index contributed by atoms with van der Waals surface area (Å²) >= 11 is 6.56. The van der Waals surface area contributed by atoms with E-state index in [0.717, 1.165) is 11.1 Å². The first-order valence-electron chi connectivity index (χ1n) is 8.69. The molecule has 28 heavy (non-hydrogen) atoms. The Morgan fingerprint density at radius 3 is 2.61 bits per heavy atom. The van der Waals surface area contributed by atoms with Gasteiger partial charge in [0.05, 0.1) is 12.0 Å². The highest BCUT2D eigenvalue weighted by Gasteiger charge is 2.38. The standard InChI is InChI=1S/C21H20N2O3S2/c1-13-8-4-6-10-16(13)22-19(24)14(2)23-20(25)18(28-21(23)27)12-15-9-5-7-11-17(15)26-3/h4-12,14H,1-3H3,(H,22,24)/b18-12-. The average molecular weight is 413 g/mol. The van der Waals surface area contributed by atoms with Crippen LogP contribution >= 0.6 is 24.0 Å². The van der Waals surface area contributed by atoms with Crippen LogP contribution < -0.4 is 10.1 Å². The lowest BCUT2D eigenvalue weighted by molar-refractivity contribution is -0.129. The van der Waals surface area contributed by atoms with Crippen molar-refractivity contribution < 1.29 is 14.3 Å². The van der Waals surface area contributed by atoms with E-state index in [0.29, 0.717) is 20.7 Å². The van der Waals surface area contributed by atoms with E-state index in [-0.39, 0.29) is 11.8 Å². The van der Waals surface area contributed by atoms with E-state index in [9.17, 15) is 9.59 Å². The Morgan fingerprint density at radius 2 is 1.89 bits per heavy atom. The second-order valence-corrected chi connectivity index (χ2v) is 7.95. The number of para-hydroxylation sites is 2. The third-order valence-electron chi connectivity index (χ3n) is 4.42. The van der Waals surface area contributed by atoms with Crippen LogP contribution in [-0.4, -0.2) is 34.2 Å². The lowest BCUT2D eigenvalue weighted by Gasteiger charge is -2.22. The summed E-state index contributed by atoms with van der Waals surface area (Å²) in [4.78, 5) is 27.4. The predicted octanol–water partition coefficient (Wildman–Crippen LogP) is 4.23. The van der Waals surface area contributed by atoms with Crippen LogP contribution in [0.25, 0.3) is 6.08 Å². The van der Waals surface area contributed by atoms with Crippen molar-refractivity contribution >= 4 is 51.9 Å². The molecule has 0 aliphatic carbocycles. The average Bonchev–Trinajstić information content (AvgIpc) is 2.96. The van der Waals surface area contributed by atoms with Crippen molar-refractivity contribution in [2.75, 3.05) is 12.4 Å². The summed E-state index contributed by atoms with van der Waals surface area (Å²) in [5, 5.41) is 2.87. The molecule has 0 bridgehead atoms. The van der Waals surface area contributed by atoms with E-state index in [4.69, 9.17) is 17.0 Å². The van der Waals surface area contributed by atoms with E-state index in [2.05, 4.69) is 5.32 Å². The van der Waals surface area contributed by atoms with Gasteiger partial charge in [0.15, 0.2) is 0 Å². The summed E-state index contributed by atoms with van der Waals surface area (Å²) in [6, 6.07) is 14.2. The smallest absolute Gasteiger partial charge is 0.266 e. The van der Waals surface area contributed by atoms with Gasteiger partial charge in [0, 0.05) is 11.3 Å². The number of nitrogens with zero attached hydrogens (tertiary/aromatic N) is 1. The molecule has 1 saturated heterocycles. The molecule has 1 aliphatic rings. The highest BCUT2D eigenvalue weighted by Crippen LogP contribution is 2.35. The molecule has 0 aromatic heterocycles. The molecule has 1 N–H and O–H groups in total. The fraction of sp³-hybridized carbons (Fsp3) is 0.190. The number of rotatable bonds is 5. The topological polar surface area (TPSA) is 58.6 Å². The Bertz CT molecular complexity index is 972. The number of thioether (sulfide) groups is 1. The van der Waals surface area contributed by atoms with Gasteiger partial charge in [-0.15, -0.1) is 0 Å². The molecule has 1 unspecified atom stereocenters. The Balaban J connectivity index is 1.80. The molecule has 2 aromatic rings. The fourth-order valence-electron chi connectivity index (χ4n) is 2.81. The molecule has 5 nitrogen and oxygen atoms in total. The van der Waals surface area contributed by atoms with E-state index in [1.54, 1.807) is 20.1 Å². The Kier molecular flexibility index (Phi) is 6.16. The molecule has 1 atom stereocenters. The van der Waals surface area contributed by atoms with Gasteiger partial charge < -0.3 is 10.1 Å². The lowest BCUT2D eigenvalue weighted by Crippen LogP contribution is -2.44. The first-order chi connectivity index (χ1) is 13.4. The van der Waals surface area contributed by atoms with Crippen LogP contribution in [-0.2, 0) is 9.59 Å². The van der Waals surface area contributed by atoms with Crippen LogP contribution in [0.4, 0.5) is 5.69 Å². The number of ether oxygens (including phenoxy) is 1. The Labute approximate surface area is 173 Å². The molecular formula is C21H20N2O3S2. The summed E-state index contributed by atoms with van der Waals surface area (Å²) in [5.74, 6) is 0.0931. The van der Waals surface area contributed by atoms with Gasteiger partial charge in [0.1, 0.15) is 16.1 Å². The first kappa shape index (κ1) is 20.1. The first-order valence-corrected chi connectivity index (χ1v) is 9.91. The molecule has 0 saturated carbocycles. The number of nitrogens with one attached hydrogen (secondary N) is 1. The highest BCUT2D eigenvalue weighted by atomic mass is 32.2. The summed E-state index contributed by atoms with van der Waals surface area (Å²) in [6.07, 6.45) is 1.74. The third kappa shape index (κ3) is 4.10. The zero-order chi connectivity index (χ0) is 20.3. The molecule has 1 heterocycles. The van der Waals surface area contributed by atoms with Crippen molar-refractivity contribution in [2.45, 2.75) is 19.9 Å². The van der Waals surface area contributed by atoms with Gasteiger partial charge in [0.25, 0.3) is 5.91 Å². The minimum atomic E-state index is -0.726. The monoisotopic (exact) mass is 412 g/mol. The second-order valence-electron chi connectivity index (χ2n) is 6.27. The summed E-state index contributed by atoms with van der Waals surface area (Å²) in [7, 11) is 1.58. The van der Waals surface area contributed by atoms with Gasteiger partial charge in [0.2, 0.25) is 5.91 Å². The second kappa shape index (κ2) is 8.58. The van der Waals surface area contributed by atoms with Crippen molar-refractivity contribution in [3.05, 3.63) is 64.6 Å². The largest absolute Gasteiger partial charge is 0.496 e. The van der Waals surface area contributed by atoms with Crippen LogP contribution in [0.3, 0.4) is 0 Å². The predicted molar refractivity (Wildman–Crippen MR) is 117 cm³/mol. The summed E-state index contributed by atoms with van der Waals surface area (Å²) < 4.78 is 5.69. The highest BCUT2D eigenvalue weighted by molar-refractivity contribution is 8.26. The van der Waals surface area contributed by atoms with Crippen molar-refractivity contribution in [3.8, 4) is 5.75 Å². The molecule has 2 amide bonds. The lowest BCUT2D eigenvalue weighted by atomic mass is 10.1. The molecule has 0 radical (unpaired) electrons. The number of carbonyl (C=O) groups is 2. The molecule has 7 heteroatoms. The quantitative estimate of drug-likeness (QED) is 0.588. The molecule has 1 fully saturated rings. The zero-order valence-corrected chi connectivity index (χ0v) is 17.4. The number of anilines is 1. The number of hydrogen-bond acceptors (Lipinski definition) is 5. The number of benzene rings is 2. The Hall–Kier alpha value is -2.64. The number of amides is 2. The van der Waals surface area contributed by atoms with Gasteiger partial charge in [-0.2, -0.15) is 0 Å². The van der Waals surface area contributed by atoms with Gasteiger partial charge in [-0.05, 0) is 37.6 Å². The van der Waals surface area contributed by atoms with E-state index in [1.807, 2.05) is 55.5 Å². The fourth-order valence-corrected chi connectivity index (χ4v) is 4.22. The van der Waals surface area contributed by atoms with Crippen molar-refractivity contribution in [2.24, 2.45) is 0 Å². The maximum absolute atomic E-state index is 12.9. The number of aryl methyl sites for hydroxylation is 1. The van der Waals surface area contributed by atoms with E-state index in [1.165, 1.54) is 16.7 Å². The normalized spacial score (nSPS) is 16.4. The molecule has 0 spiro atoms.